The molecule has 1 heterocycles. The lowest BCUT2D eigenvalue weighted by atomic mass is 10.0. The molecule has 0 aromatic heterocycles. The van der Waals surface area contributed by atoms with Gasteiger partial charge in [-0.2, -0.15) is 0 Å². The average Bonchev–Trinajstić information content (AvgIpc) is 2.93. The van der Waals surface area contributed by atoms with Gasteiger partial charge in [0.15, 0.2) is 0 Å². The number of hydrogen-bond donors (Lipinski definition) is 1. The van der Waals surface area contributed by atoms with E-state index in [0.717, 1.165) is 56.3 Å². The Balaban J connectivity index is 2.63. The van der Waals surface area contributed by atoms with Crippen molar-refractivity contribution in [2.45, 2.75) is 66.3 Å². The van der Waals surface area contributed by atoms with Crippen LogP contribution in [0.3, 0.4) is 0 Å². The van der Waals surface area contributed by atoms with Gasteiger partial charge >= 0.3 is 0 Å². The highest BCUT2D eigenvalue weighted by atomic mass is 16.5. The Morgan fingerprint density at radius 3 is 2.76 bits per heavy atom. The minimum atomic E-state index is 0.106. The van der Waals surface area contributed by atoms with Gasteiger partial charge < -0.3 is 15.0 Å². The van der Waals surface area contributed by atoms with Crippen LogP contribution in [0.25, 0.3) is 0 Å². The zero-order valence-electron chi connectivity index (χ0n) is 21.9. The highest BCUT2D eigenvalue weighted by molar-refractivity contribution is 6.00. The molecule has 1 N–H and O–H groups in total. The van der Waals surface area contributed by atoms with E-state index < -0.39 is 0 Å². The Morgan fingerprint density at radius 2 is 2.09 bits per heavy atom. The molecule has 0 aromatic rings. The number of nitrogens with zero attached hydrogens (tertiary/aromatic N) is 5. The van der Waals surface area contributed by atoms with Gasteiger partial charge in [0, 0.05) is 82.8 Å². The molecule has 0 saturated carbocycles. The number of aliphatic imine (C=N–C) groups is 3. The van der Waals surface area contributed by atoms with Crippen molar-refractivity contribution in [3.05, 3.63) is 12.3 Å². The second kappa shape index (κ2) is 16.5. The summed E-state index contributed by atoms with van der Waals surface area (Å²) in [6, 6.07) is 0.481. The molecule has 0 aromatic carbocycles. The third-order valence-electron chi connectivity index (χ3n) is 5.91. The fourth-order valence-corrected chi connectivity index (χ4v) is 3.81. The molecule has 188 valence electrons. The van der Waals surface area contributed by atoms with Crippen LogP contribution in [0.15, 0.2) is 27.3 Å². The molecule has 8 nitrogen and oxygen atoms in total. The topological polar surface area (TPSA) is 81.9 Å². The van der Waals surface area contributed by atoms with E-state index >= 15 is 0 Å². The van der Waals surface area contributed by atoms with Crippen molar-refractivity contribution in [2.24, 2.45) is 20.9 Å². The molecule has 1 saturated heterocycles. The Morgan fingerprint density at radius 1 is 1.33 bits per heavy atom. The largest absolute Gasteiger partial charge is 0.379 e. The van der Waals surface area contributed by atoms with E-state index in [1.54, 1.807) is 7.11 Å². The van der Waals surface area contributed by atoms with Crippen LogP contribution in [-0.2, 0) is 9.53 Å². The second-order valence-corrected chi connectivity index (χ2v) is 8.74. The summed E-state index contributed by atoms with van der Waals surface area (Å²) in [5.74, 6) is 1.02. The molecule has 8 heteroatoms. The number of allylic oxidation sites excluding steroid dienone is 1. The number of amides is 1. The Bertz CT molecular complexity index is 701. The molecule has 0 bridgehead atoms. The third-order valence-corrected chi connectivity index (χ3v) is 5.91. The van der Waals surface area contributed by atoms with Crippen LogP contribution < -0.4 is 5.32 Å². The summed E-state index contributed by atoms with van der Waals surface area (Å²) in [5, 5.41) is 2.94. The summed E-state index contributed by atoms with van der Waals surface area (Å²) in [6.07, 6.45) is 7.38. The molecule has 1 aliphatic heterocycles. The van der Waals surface area contributed by atoms with Gasteiger partial charge in [-0.05, 0) is 40.2 Å². The molecule has 1 rings (SSSR count). The van der Waals surface area contributed by atoms with E-state index in [-0.39, 0.29) is 11.8 Å². The van der Waals surface area contributed by atoms with Crippen molar-refractivity contribution < 1.29 is 9.53 Å². The summed E-state index contributed by atoms with van der Waals surface area (Å²) in [6.45, 7) is 15.3. The summed E-state index contributed by atoms with van der Waals surface area (Å²) >= 11 is 0. The molecule has 0 aliphatic carbocycles. The third kappa shape index (κ3) is 11.6. The summed E-state index contributed by atoms with van der Waals surface area (Å²) in [5.41, 5.74) is 2.04. The molecule has 2 atom stereocenters. The first-order chi connectivity index (χ1) is 15.8. The summed E-state index contributed by atoms with van der Waals surface area (Å²) in [7, 11) is 3.74. The van der Waals surface area contributed by atoms with Gasteiger partial charge in [-0.15, -0.1) is 0 Å². The lowest BCUT2D eigenvalue weighted by molar-refractivity contribution is -0.121. The van der Waals surface area contributed by atoms with Gasteiger partial charge in [-0.3, -0.25) is 19.7 Å². The van der Waals surface area contributed by atoms with Crippen LogP contribution in [0.1, 0.15) is 60.3 Å². The minimum Gasteiger partial charge on any atom is -0.379 e. The Kier molecular flexibility index (Phi) is 14.5. The van der Waals surface area contributed by atoms with Crippen LogP contribution in [0.4, 0.5) is 0 Å². The van der Waals surface area contributed by atoms with Gasteiger partial charge in [0.2, 0.25) is 11.9 Å². The van der Waals surface area contributed by atoms with Crippen LogP contribution in [0.2, 0.25) is 0 Å². The molecule has 2 unspecified atom stereocenters. The van der Waals surface area contributed by atoms with Crippen molar-refractivity contribution in [3.8, 4) is 0 Å². The lowest BCUT2D eigenvalue weighted by Crippen LogP contribution is -2.40. The zero-order valence-corrected chi connectivity index (χ0v) is 21.9. The van der Waals surface area contributed by atoms with Crippen LogP contribution in [-0.4, -0.2) is 92.6 Å². The summed E-state index contributed by atoms with van der Waals surface area (Å²) < 4.78 is 5.07. The van der Waals surface area contributed by atoms with Gasteiger partial charge in [0.1, 0.15) is 0 Å². The number of guanidine groups is 1. The maximum atomic E-state index is 11.8. The standard InChI is InChI=1S/C25H46N6O2/c1-8-26-25(29-23-13-15-28-24(32)18-20(23)3)30(6)16-17-31(9-2)22(5)12-10-11-14-27-21(4)19-33-7/h11,14,20,22H,8-10,12-13,15-19H2,1-7H3,(H,28,32)/b14-11-,26-25+,27-21+,29-23-. The average molecular weight is 463 g/mol. The number of nitrogens with one attached hydrogen (secondary N) is 1. The van der Waals surface area contributed by atoms with Crippen molar-refractivity contribution in [1.82, 2.24) is 15.1 Å². The molecule has 1 aliphatic rings. The van der Waals surface area contributed by atoms with Gasteiger partial charge in [-0.25, -0.2) is 4.99 Å². The van der Waals surface area contributed by atoms with E-state index in [4.69, 9.17) is 9.73 Å². The Hall–Kier alpha value is -2.06. The highest BCUT2D eigenvalue weighted by Gasteiger charge is 2.21. The monoisotopic (exact) mass is 462 g/mol. The molecular formula is C25H46N6O2. The molecular weight excluding hydrogens is 416 g/mol. The predicted molar refractivity (Wildman–Crippen MR) is 140 cm³/mol. The molecule has 1 fully saturated rings. The van der Waals surface area contributed by atoms with E-state index in [2.05, 4.69) is 59.0 Å². The minimum absolute atomic E-state index is 0.106. The molecule has 0 radical (unpaired) electrons. The van der Waals surface area contributed by atoms with Crippen molar-refractivity contribution in [3.63, 3.8) is 0 Å². The van der Waals surface area contributed by atoms with Crippen molar-refractivity contribution in [2.75, 3.05) is 53.5 Å². The fraction of sp³-hybridized carbons (Fsp3) is 0.760. The normalized spacial score (nSPS) is 20.4. The SMILES string of the molecule is CC/N=C(\N=C1\CCNC(=O)CC1C)N(C)CCN(CC)C(C)CC/C=C\N=C(/C)COC. The zero-order chi connectivity index (χ0) is 24.6. The first-order valence-electron chi connectivity index (χ1n) is 12.3. The number of likely N-dealkylation sites (N-methyl/N-ethyl adjacent to an activating group) is 2. The Labute approximate surface area is 201 Å². The first-order valence-corrected chi connectivity index (χ1v) is 12.3. The maximum Gasteiger partial charge on any atom is 0.220 e. The van der Waals surface area contributed by atoms with E-state index in [0.29, 0.717) is 32.2 Å². The number of hydrogen-bond acceptors (Lipinski definition) is 5. The van der Waals surface area contributed by atoms with Gasteiger partial charge in [0.25, 0.3) is 0 Å². The van der Waals surface area contributed by atoms with E-state index in [9.17, 15) is 4.79 Å². The predicted octanol–water partition coefficient (Wildman–Crippen LogP) is 3.39. The first kappa shape index (κ1) is 29.0. The maximum absolute atomic E-state index is 11.8. The quantitative estimate of drug-likeness (QED) is 0.356. The number of rotatable bonds is 12. The van der Waals surface area contributed by atoms with E-state index in [1.807, 2.05) is 20.0 Å². The lowest BCUT2D eigenvalue weighted by Gasteiger charge is -2.30. The highest BCUT2D eigenvalue weighted by Crippen LogP contribution is 2.13. The molecule has 33 heavy (non-hydrogen) atoms. The van der Waals surface area contributed by atoms with Gasteiger partial charge in [0.05, 0.1) is 6.61 Å². The number of methoxy groups -OCH3 is 1. The fourth-order valence-electron chi connectivity index (χ4n) is 3.81. The van der Waals surface area contributed by atoms with Crippen LogP contribution >= 0.6 is 0 Å². The number of carbonyl (C=O) groups is 1. The molecule has 0 spiro atoms. The smallest absolute Gasteiger partial charge is 0.220 e. The molecule has 1 amide bonds. The van der Waals surface area contributed by atoms with Crippen molar-refractivity contribution in [1.29, 1.82) is 0 Å². The summed E-state index contributed by atoms with van der Waals surface area (Å²) in [4.78, 5) is 30.4. The van der Waals surface area contributed by atoms with Crippen LogP contribution in [0, 0.1) is 5.92 Å². The number of carbonyl (C=O) groups excluding carboxylic acids is 1. The van der Waals surface area contributed by atoms with Crippen molar-refractivity contribution >= 4 is 23.3 Å². The van der Waals surface area contributed by atoms with Gasteiger partial charge in [-0.1, -0.05) is 19.9 Å². The van der Waals surface area contributed by atoms with Crippen LogP contribution in [0.5, 0.6) is 0 Å². The van der Waals surface area contributed by atoms with E-state index in [1.165, 1.54) is 0 Å². The number of ether oxygens (including phenoxy) is 1. The second-order valence-electron chi connectivity index (χ2n) is 8.74.